The van der Waals surface area contributed by atoms with Gasteiger partial charge in [-0.1, -0.05) is 30.3 Å². The van der Waals surface area contributed by atoms with Crippen LogP contribution in [-0.2, 0) is 17.0 Å². The van der Waals surface area contributed by atoms with E-state index in [4.69, 9.17) is 14.6 Å². The average Bonchev–Trinajstić information content (AvgIpc) is 3.01. The van der Waals surface area contributed by atoms with Crippen molar-refractivity contribution in [2.45, 2.75) is 12.2 Å². The SMILES string of the molecule is O=C(O)C1CN(CC2=Cc3ccc(C4(O)Cc5ccccc5O4)cc3OC2)C1. The van der Waals surface area contributed by atoms with Crippen LogP contribution in [0.2, 0.25) is 0 Å². The van der Waals surface area contributed by atoms with Gasteiger partial charge in [-0.15, -0.1) is 0 Å². The predicted molar refractivity (Wildman–Crippen MR) is 102 cm³/mol. The molecule has 0 spiro atoms. The van der Waals surface area contributed by atoms with Crippen LogP contribution in [0.3, 0.4) is 0 Å². The van der Waals surface area contributed by atoms with Gasteiger partial charge in [-0.05, 0) is 23.8 Å². The first-order valence-corrected chi connectivity index (χ1v) is 9.41. The Labute approximate surface area is 162 Å². The number of carboxylic acid groups (broad SMARTS) is 1. The molecule has 6 nitrogen and oxygen atoms in total. The number of likely N-dealkylation sites (tertiary alicyclic amines) is 1. The third kappa shape index (κ3) is 2.95. The van der Waals surface area contributed by atoms with Crippen molar-refractivity contribution in [3.63, 3.8) is 0 Å². The number of fused-ring (bicyclic) bond motifs is 2. The number of hydrogen-bond acceptors (Lipinski definition) is 5. The number of rotatable bonds is 4. The monoisotopic (exact) mass is 379 g/mol. The summed E-state index contributed by atoms with van der Waals surface area (Å²) in [6.07, 6.45) is 2.49. The van der Waals surface area contributed by atoms with Crippen LogP contribution >= 0.6 is 0 Å². The smallest absolute Gasteiger partial charge is 0.309 e. The molecule has 5 rings (SSSR count). The molecule has 2 aromatic carbocycles. The van der Waals surface area contributed by atoms with Gasteiger partial charge in [0.2, 0.25) is 5.79 Å². The van der Waals surface area contributed by atoms with Gasteiger partial charge in [0.1, 0.15) is 18.1 Å². The largest absolute Gasteiger partial charge is 0.489 e. The number of ether oxygens (including phenoxy) is 2. The lowest BCUT2D eigenvalue weighted by Crippen LogP contribution is -2.51. The van der Waals surface area contributed by atoms with E-state index < -0.39 is 11.8 Å². The van der Waals surface area contributed by atoms with Gasteiger partial charge in [-0.2, -0.15) is 0 Å². The molecular formula is C22H21NO5. The fraction of sp³-hybridized carbons (Fsp3) is 0.318. The molecule has 0 aromatic heterocycles. The van der Waals surface area contributed by atoms with E-state index in [0.29, 0.717) is 44.0 Å². The standard InChI is InChI=1S/C22H21NO5/c24-21(25)17-11-23(12-17)10-14-7-15-5-6-18(8-20(15)27-13-14)22(26)9-16-3-1-2-4-19(16)28-22/h1-8,17,26H,9-13H2,(H,24,25). The van der Waals surface area contributed by atoms with E-state index in [1.54, 1.807) is 0 Å². The summed E-state index contributed by atoms with van der Waals surface area (Å²) in [6.45, 7) is 2.35. The molecule has 0 radical (unpaired) electrons. The molecule has 3 heterocycles. The zero-order chi connectivity index (χ0) is 19.3. The molecule has 0 saturated carbocycles. The van der Waals surface area contributed by atoms with Crippen molar-refractivity contribution in [1.29, 1.82) is 0 Å². The van der Waals surface area contributed by atoms with E-state index >= 15 is 0 Å². The van der Waals surface area contributed by atoms with E-state index in [-0.39, 0.29) is 5.92 Å². The zero-order valence-corrected chi connectivity index (χ0v) is 15.3. The van der Waals surface area contributed by atoms with E-state index in [1.165, 1.54) is 0 Å². The topological polar surface area (TPSA) is 79.2 Å². The summed E-state index contributed by atoms with van der Waals surface area (Å²) in [5, 5.41) is 20.0. The Kier molecular flexibility index (Phi) is 3.92. The van der Waals surface area contributed by atoms with Gasteiger partial charge in [-0.3, -0.25) is 9.69 Å². The molecule has 28 heavy (non-hydrogen) atoms. The number of nitrogens with zero attached hydrogens (tertiary/aromatic N) is 1. The van der Waals surface area contributed by atoms with E-state index in [9.17, 15) is 9.90 Å². The highest BCUT2D eigenvalue weighted by atomic mass is 16.6. The van der Waals surface area contributed by atoms with Gasteiger partial charge in [0.15, 0.2) is 0 Å². The van der Waals surface area contributed by atoms with Gasteiger partial charge >= 0.3 is 5.97 Å². The second kappa shape index (κ2) is 6.36. The number of aliphatic carboxylic acids is 1. The quantitative estimate of drug-likeness (QED) is 0.848. The third-order valence-electron chi connectivity index (χ3n) is 5.65. The molecular weight excluding hydrogens is 358 g/mol. The summed E-state index contributed by atoms with van der Waals surface area (Å²) in [5.74, 6) is -0.926. The van der Waals surface area contributed by atoms with Crippen molar-refractivity contribution >= 4 is 12.0 Å². The minimum absolute atomic E-state index is 0.253. The number of para-hydroxylation sites is 1. The molecule has 2 aromatic rings. The summed E-state index contributed by atoms with van der Waals surface area (Å²) in [4.78, 5) is 13.0. The summed E-state index contributed by atoms with van der Waals surface area (Å²) < 4.78 is 11.8. The van der Waals surface area contributed by atoms with E-state index in [2.05, 4.69) is 11.0 Å². The summed E-state index contributed by atoms with van der Waals surface area (Å²) in [5.41, 5.74) is 3.73. The van der Waals surface area contributed by atoms with Crippen LogP contribution < -0.4 is 9.47 Å². The maximum absolute atomic E-state index is 11.0. The second-order valence-corrected chi connectivity index (χ2v) is 7.74. The molecule has 6 heteroatoms. The first kappa shape index (κ1) is 17.3. The number of carbonyl (C=O) groups is 1. The Morgan fingerprint density at radius 2 is 2.00 bits per heavy atom. The van der Waals surface area contributed by atoms with Gasteiger partial charge in [0.25, 0.3) is 0 Å². The van der Waals surface area contributed by atoms with Crippen LogP contribution in [0.4, 0.5) is 0 Å². The van der Waals surface area contributed by atoms with Crippen LogP contribution in [0.1, 0.15) is 16.7 Å². The molecule has 144 valence electrons. The van der Waals surface area contributed by atoms with Crippen molar-refractivity contribution < 1.29 is 24.5 Å². The average molecular weight is 379 g/mol. The maximum Gasteiger partial charge on any atom is 0.309 e. The molecule has 1 atom stereocenters. The maximum atomic E-state index is 11.0. The number of aliphatic hydroxyl groups is 1. The van der Waals surface area contributed by atoms with Crippen molar-refractivity contribution in [2.75, 3.05) is 26.2 Å². The molecule has 0 bridgehead atoms. The summed E-state index contributed by atoms with van der Waals surface area (Å²) in [7, 11) is 0. The summed E-state index contributed by atoms with van der Waals surface area (Å²) >= 11 is 0. The third-order valence-corrected chi connectivity index (χ3v) is 5.65. The summed E-state index contributed by atoms with van der Waals surface area (Å²) in [6, 6.07) is 13.3. The molecule has 0 aliphatic carbocycles. The zero-order valence-electron chi connectivity index (χ0n) is 15.3. The highest BCUT2D eigenvalue weighted by Crippen LogP contribution is 2.41. The van der Waals surface area contributed by atoms with Gasteiger partial charge in [0.05, 0.1) is 5.92 Å². The Balaban J connectivity index is 1.31. The normalized spacial score (nSPS) is 23.7. The first-order valence-electron chi connectivity index (χ1n) is 9.41. The van der Waals surface area contributed by atoms with Crippen LogP contribution in [0, 0.1) is 5.92 Å². The molecule has 2 N–H and O–H groups in total. The van der Waals surface area contributed by atoms with Gasteiger partial charge in [0, 0.05) is 42.7 Å². The second-order valence-electron chi connectivity index (χ2n) is 7.74. The highest BCUT2D eigenvalue weighted by Gasteiger charge is 2.39. The minimum Gasteiger partial charge on any atom is -0.489 e. The molecule has 3 aliphatic rings. The lowest BCUT2D eigenvalue weighted by molar-refractivity contribution is -0.147. The molecule has 1 fully saturated rings. The Morgan fingerprint density at radius 1 is 1.18 bits per heavy atom. The van der Waals surface area contributed by atoms with Crippen LogP contribution in [0.15, 0.2) is 48.0 Å². The van der Waals surface area contributed by atoms with Crippen molar-refractivity contribution in [1.82, 2.24) is 4.90 Å². The Hall–Kier alpha value is -2.83. The molecule has 1 saturated heterocycles. The van der Waals surface area contributed by atoms with E-state index in [0.717, 1.165) is 22.4 Å². The van der Waals surface area contributed by atoms with E-state index in [1.807, 2.05) is 42.5 Å². The lowest BCUT2D eigenvalue weighted by atomic mass is 9.96. The number of carboxylic acids is 1. The molecule has 0 amide bonds. The first-order chi connectivity index (χ1) is 13.5. The number of benzene rings is 2. The van der Waals surface area contributed by atoms with Crippen LogP contribution in [0.5, 0.6) is 11.5 Å². The van der Waals surface area contributed by atoms with Crippen molar-refractivity contribution in [3.05, 3.63) is 64.7 Å². The van der Waals surface area contributed by atoms with Crippen molar-refractivity contribution in [3.8, 4) is 11.5 Å². The lowest BCUT2D eigenvalue weighted by Gasteiger charge is -2.37. The van der Waals surface area contributed by atoms with Gasteiger partial charge in [-0.25, -0.2) is 0 Å². The Bertz CT molecular complexity index is 952. The van der Waals surface area contributed by atoms with Gasteiger partial charge < -0.3 is 19.7 Å². The van der Waals surface area contributed by atoms with Crippen LogP contribution in [-0.4, -0.2) is 47.3 Å². The fourth-order valence-electron chi connectivity index (χ4n) is 4.07. The molecule has 3 aliphatic heterocycles. The van der Waals surface area contributed by atoms with Crippen molar-refractivity contribution in [2.24, 2.45) is 5.92 Å². The fourth-order valence-corrected chi connectivity index (χ4v) is 4.07. The highest BCUT2D eigenvalue weighted by molar-refractivity contribution is 5.71. The predicted octanol–water partition coefficient (Wildman–Crippen LogP) is 2.26. The number of hydrogen-bond donors (Lipinski definition) is 2. The van der Waals surface area contributed by atoms with Crippen LogP contribution in [0.25, 0.3) is 6.08 Å². The Morgan fingerprint density at radius 3 is 2.79 bits per heavy atom. The molecule has 1 unspecified atom stereocenters. The minimum atomic E-state index is -1.38.